The Labute approximate surface area is 102 Å². The summed E-state index contributed by atoms with van der Waals surface area (Å²) in [5.41, 5.74) is 0. The largest absolute Gasteiger partial charge is 0.481 e. The second-order valence-corrected chi connectivity index (χ2v) is 4.82. The van der Waals surface area contributed by atoms with E-state index in [1.54, 1.807) is 0 Å². The Kier molecular flexibility index (Phi) is 5.97. The summed E-state index contributed by atoms with van der Waals surface area (Å²) in [6.07, 6.45) is 3.37. The van der Waals surface area contributed by atoms with Crippen molar-refractivity contribution in [1.82, 2.24) is 10.6 Å². The van der Waals surface area contributed by atoms with Gasteiger partial charge in [-0.15, -0.1) is 0 Å². The third-order valence-corrected chi connectivity index (χ3v) is 3.07. The van der Waals surface area contributed by atoms with Crippen molar-refractivity contribution >= 4 is 11.9 Å². The molecule has 0 saturated carbocycles. The van der Waals surface area contributed by atoms with E-state index in [4.69, 9.17) is 5.11 Å². The lowest BCUT2D eigenvalue weighted by atomic mass is 9.96. The van der Waals surface area contributed by atoms with E-state index in [0.29, 0.717) is 18.8 Å². The maximum absolute atomic E-state index is 11.7. The van der Waals surface area contributed by atoms with Crippen LogP contribution in [0.5, 0.6) is 0 Å². The van der Waals surface area contributed by atoms with E-state index < -0.39 is 5.97 Å². The topological polar surface area (TPSA) is 78.4 Å². The second-order valence-electron chi connectivity index (χ2n) is 4.82. The number of carbonyl (C=O) groups is 2. The zero-order valence-corrected chi connectivity index (χ0v) is 10.4. The molecule has 2 unspecified atom stereocenters. The molecule has 17 heavy (non-hydrogen) atoms. The van der Waals surface area contributed by atoms with Crippen molar-refractivity contribution in [3.63, 3.8) is 0 Å². The summed E-state index contributed by atoms with van der Waals surface area (Å²) >= 11 is 0. The molecule has 5 heteroatoms. The fraction of sp³-hybridized carbons (Fsp3) is 0.833. The van der Waals surface area contributed by atoms with Crippen molar-refractivity contribution in [2.45, 2.75) is 45.1 Å². The van der Waals surface area contributed by atoms with E-state index in [9.17, 15) is 9.59 Å². The molecule has 0 aromatic heterocycles. The molecule has 1 aliphatic heterocycles. The van der Waals surface area contributed by atoms with Gasteiger partial charge in [-0.3, -0.25) is 9.59 Å². The number of carboxylic acids is 1. The van der Waals surface area contributed by atoms with Crippen LogP contribution in [0.1, 0.15) is 39.0 Å². The Balaban J connectivity index is 2.16. The van der Waals surface area contributed by atoms with Crippen LogP contribution in [0.4, 0.5) is 0 Å². The van der Waals surface area contributed by atoms with Crippen molar-refractivity contribution in [2.75, 3.05) is 13.1 Å². The third kappa shape index (κ3) is 6.26. The molecule has 0 aliphatic carbocycles. The Hall–Kier alpha value is -1.10. The van der Waals surface area contributed by atoms with E-state index in [1.807, 2.05) is 6.92 Å². The lowest BCUT2D eigenvalue weighted by molar-refractivity contribution is -0.137. The van der Waals surface area contributed by atoms with Crippen LogP contribution in [-0.4, -0.2) is 36.1 Å². The highest BCUT2D eigenvalue weighted by Gasteiger charge is 2.17. The Morgan fingerprint density at radius 1 is 1.53 bits per heavy atom. The fourth-order valence-electron chi connectivity index (χ4n) is 2.11. The molecular weight excluding hydrogens is 220 g/mol. The van der Waals surface area contributed by atoms with Gasteiger partial charge in [0.15, 0.2) is 0 Å². The number of piperidine rings is 1. The van der Waals surface area contributed by atoms with E-state index in [-0.39, 0.29) is 18.4 Å². The smallest absolute Gasteiger partial charge is 0.303 e. The SMILES string of the molecule is CC(CCC(=O)O)NC(=O)CC1CCCNC1. The monoisotopic (exact) mass is 242 g/mol. The number of carbonyl (C=O) groups excluding carboxylic acids is 1. The summed E-state index contributed by atoms with van der Waals surface area (Å²) in [6.45, 7) is 3.81. The number of amides is 1. The van der Waals surface area contributed by atoms with Gasteiger partial charge in [-0.1, -0.05) is 0 Å². The number of aliphatic carboxylic acids is 1. The first-order chi connectivity index (χ1) is 8.08. The quantitative estimate of drug-likeness (QED) is 0.642. The first-order valence-corrected chi connectivity index (χ1v) is 6.30. The van der Waals surface area contributed by atoms with E-state index in [1.165, 1.54) is 0 Å². The average Bonchev–Trinajstić information content (AvgIpc) is 2.27. The second kappa shape index (κ2) is 7.27. The van der Waals surface area contributed by atoms with Crippen molar-refractivity contribution in [1.29, 1.82) is 0 Å². The van der Waals surface area contributed by atoms with Crippen LogP contribution in [-0.2, 0) is 9.59 Å². The maximum Gasteiger partial charge on any atom is 0.303 e. The molecule has 2 atom stereocenters. The molecule has 0 spiro atoms. The lowest BCUT2D eigenvalue weighted by Gasteiger charge is -2.23. The normalized spacial score (nSPS) is 21.8. The van der Waals surface area contributed by atoms with Gasteiger partial charge in [0, 0.05) is 18.9 Å². The lowest BCUT2D eigenvalue weighted by Crippen LogP contribution is -2.37. The predicted molar refractivity (Wildman–Crippen MR) is 64.7 cm³/mol. The van der Waals surface area contributed by atoms with Crippen molar-refractivity contribution < 1.29 is 14.7 Å². The van der Waals surface area contributed by atoms with Gasteiger partial charge in [-0.05, 0) is 45.2 Å². The maximum atomic E-state index is 11.7. The molecule has 1 rings (SSSR count). The number of rotatable bonds is 6. The molecule has 0 aromatic carbocycles. The number of carboxylic acid groups (broad SMARTS) is 1. The molecule has 1 heterocycles. The Bertz CT molecular complexity index is 262. The van der Waals surface area contributed by atoms with Gasteiger partial charge in [0.2, 0.25) is 5.91 Å². The number of hydrogen-bond acceptors (Lipinski definition) is 3. The minimum Gasteiger partial charge on any atom is -0.481 e. The molecule has 98 valence electrons. The molecule has 1 aliphatic rings. The molecular formula is C12H22N2O3. The molecule has 0 radical (unpaired) electrons. The van der Waals surface area contributed by atoms with Crippen LogP contribution in [0.2, 0.25) is 0 Å². The molecule has 0 aromatic rings. The van der Waals surface area contributed by atoms with Crippen molar-refractivity contribution in [3.05, 3.63) is 0 Å². The highest BCUT2D eigenvalue weighted by molar-refractivity contribution is 5.76. The highest BCUT2D eigenvalue weighted by atomic mass is 16.4. The van der Waals surface area contributed by atoms with Crippen LogP contribution < -0.4 is 10.6 Å². The molecule has 3 N–H and O–H groups in total. The van der Waals surface area contributed by atoms with E-state index >= 15 is 0 Å². The molecule has 1 amide bonds. The number of nitrogens with one attached hydrogen (secondary N) is 2. The van der Waals surface area contributed by atoms with E-state index in [2.05, 4.69) is 10.6 Å². The van der Waals surface area contributed by atoms with Gasteiger partial charge in [-0.25, -0.2) is 0 Å². The van der Waals surface area contributed by atoms with Crippen LogP contribution in [0.3, 0.4) is 0 Å². The standard InChI is InChI=1S/C12H22N2O3/c1-9(4-5-12(16)17)14-11(15)7-10-3-2-6-13-8-10/h9-10,13H,2-8H2,1H3,(H,14,15)(H,16,17). The zero-order valence-electron chi connectivity index (χ0n) is 10.4. The van der Waals surface area contributed by atoms with Gasteiger partial charge < -0.3 is 15.7 Å². The minimum absolute atomic E-state index is 0.0385. The molecule has 5 nitrogen and oxygen atoms in total. The first kappa shape index (κ1) is 14.0. The van der Waals surface area contributed by atoms with Crippen LogP contribution in [0.15, 0.2) is 0 Å². The average molecular weight is 242 g/mol. The predicted octanol–water partition coefficient (Wildman–Crippen LogP) is 0.746. The van der Waals surface area contributed by atoms with Gasteiger partial charge in [-0.2, -0.15) is 0 Å². The summed E-state index contributed by atoms with van der Waals surface area (Å²) in [5, 5.41) is 14.7. The van der Waals surface area contributed by atoms with Gasteiger partial charge in [0.1, 0.15) is 0 Å². The molecule has 1 fully saturated rings. The van der Waals surface area contributed by atoms with E-state index in [0.717, 1.165) is 25.9 Å². The summed E-state index contributed by atoms with van der Waals surface area (Å²) in [7, 11) is 0. The first-order valence-electron chi connectivity index (χ1n) is 6.30. The minimum atomic E-state index is -0.817. The summed E-state index contributed by atoms with van der Waals surface area (Å²) < 4.78 is 0. The van der Waals surface area contributed by atoms with Crippen molar-refractivity contribution in [3.8, 4) is 0 Å². The fourth-order valence-corrected chi connectivity index (χ4v) is 2.11. The Morgan fingerprint density at radius 2 is 2.29 bits per heavy atom. The van der Waals surface area contributed by atoms with Gasteiger partial charge >= 0.3 is 5.97 Å². The summed E-state index contributed by atoms with van der Waals surface area (Å²) in [4.78, 5) is 22.1. The van der Waals surface area contributed by atoms with Crippen LogP contribution in [0.25, 0.3) is 0 Å². The van der Waals surface area contributed by atoms with Crippen molar-refractivity contribution in [2.24, 2.45) is 5.92 Å². The van der Waals surface area contributed by atoms with Gasteiger partial charge in [0.05, 0.1) is 0 Å². The van der Waals surface area contributed by atoms with Crippen LogP contribution in [0, 0.1) is 5.92 Å². The van der Waals surface area contributed by atoms with Gasteiger partial charge in [0.25, 0.3) is 0 Å². The summed E-state index contributed by atoms with van der Waals surface area (Å²) in [5.74, 6) is -0.352. The summed E-state index contributed by atoms with van der Waals surface area (Å²) in [6, 6.07) is -0.0600. The number of hydrogen-bond donors (Lipinski definition) is 3. The molecule has 1 saturated heterocycles. The highest BCUT2D eigenvalue weighted by Crippen LogP contribution is 2.13. The zero-order chi connectivity index (χ0) is 12.7. The Morgan fingerprint density at radius 3 is 2.88 bits per heavy atom. The molecule has 0 bridgehead atoms. The van der Waals surface area contributed by atoms with Crippen LogP contribution >= 0.6 is 0 Å². The third-order valence-electron chi connectivity index (χ3n) is 3.07.